The smallest absolute Gasteiger partial charge is 0.159 e. The number of carbonyl (C=O) groups is 1. The van der Waals surface area contributed by atoms with Crippen LogP contribution in [0.15, 0.2) is 11.6 Å². The van der Waals surface area contributed by atoms with E-state index in [9.17, 15) is 4.79 Å². The van der Waals surface area contributed by atoms with Gasteiger partial charge in [0.25, 0.3) is 0 Å². The SMILES string of the molecule is C/C=C1/C(=O)C[C@@]2(C)[C@@H]3CC[C@H]4C(C)(C)[C@H](NC)CC[C@@]45C[C@@]35CC[C@]12C. The minimum absolute atomic E-state index is 0.114. The van der Waals surface area contributed by atoms with Crippen molar-refractivity contribution in [1.82, 2.24) is 5.32 Å². The molecule has 150 valence electrons. The molecule has 5 saturated carbocycles. The van der Waals surface area contributed by atoms with Crippen molar-refractivity contribution < 1.29 is 4.79 Å². The van der Waals surface area contributed by atoms with Gasteiger partial charge in [-0.25, -0.2) is 0 Å². The second-order valence-electron chi connectivity index (χ2n) is 11.9. The summed E-state index contributed by atoms with van der Waals surface area (Å²) in [5.41, 5.74) is 2.98. The number of fused-ring (bicyclic) bond motifs is 2. The van der Waals surface area contributed by atoms with Crippen LogP contribution in [0.25, 0.3) is 0 Å². The summed E-state index contributed by atoms with van der Waals surface area (Å²) in [6.45, 7) is 12.1. The average Bonchev–Trinajstić information content (AvgIpc) is 3.21. The first-order chi connectivity index (χ1) is 12.6. The van der Waals surface area contributed by atoms with Crippen molar-refractivity contribution in [2.75, 3.05) is 7.05 Å². The van der Waals surface area contributed by atoms with E-state index in [0.717, 1.165) is 23.8 Å². The van der Waals surface area contributed by atoms with E-state index in [1.807, 2.05) is 0 Å². The quantitative estimate of drug-likeness (QED) is 0.616. The Morgan fingerprint density at radius 1 is 0.963 bits per heavy atom. The summed E-state index contributed by atoms with van der Waals surface area (Å²) >= 11 is 0. The minimum atomic E-state index is 0.114. The Morgan fingerprint density at radius 3 is 2.30 bits per heavy atom. The Morgan fingerprint density at radius 2 is 1.63 bits per heavy atom. The standard InChI is InChI=1S/C25H39NO/c1-7-16-17(27)14-23(5)19-9-8-18-21(2,3)20(26-6)10-11-24(18)15-25(19,24)13-12-22(16,23)4/h7,18-20,26H,8-15H2,1-6H3/b16-7-/t18-,19-,20+,22+,23-,24+,25-/m0/s1. The van der Waals surface area contributed by atoms with Crippen molar-refractivity contribution in [3.63, 3.8) is 0 Å². The zero-order valence-electron chi connectivity index (χ0n) is 18.4. The average molecular weight is 370 g/mol. The van der Waals surface area contributed by atoms with Gasteiger partial charge in [0, 0.05) is 17.9 Å². The monoisotopic (exact) mass is 369 g/mol. The van der Waals surface area contributed by atoms with Crippen LogP contribution >= 0.6 is 0 Å². The summed E-state index contributed by atoms with van der Waals surface area (Å²) in [5.74, 6) is 2.07. The Labute approximate surface area is 165 Å². The van der Waals surface area contributed by atoms with E-state index < -0.39 is 0 Å². The van der Waals surface area contributed by atoms with Crippen molar-refractivity contribution in [3.05, 3.63) is 11.6 Å². The molecule has 0 heterocycles. The molecule has 5 fully saturated rings. The zero-order valence-corrected chi connectivity index (χ0v) is 18.4. The van der Waals surface area contributed by atoms with Crippen LogP contribution < -0.4 is 5.32 Å². The van der Waals surface area contributed by atoms with Crippen LogP contribution in [-0.4, -0.2) is 18.9 Å². The van der Waals surface area contributed by atoms with Gasteiger partial charge in [-0.05, 0) is 98.0 Å². The normalized spacial score (nSPS) is 56.9. The fourth-order valence-corrected chi connectivity index (χ4v) is 10.0. The van der Waals surface area contributed by atoms with Crippen LogP contribution in [0.3, 0.4) is 0 Å². The van der Waals surface area contributed by atoms with Crippen LogP contribution in [-0.2, 0) is 4.79 Å². The summed E-state index contributed by atoms with van der Waals surface area (Å²) in [5, 5.41) is 3.65. The summed E-state index contributed by atoms with van der Waals surface area (Å²) in [4.78, 5) is 13.0. The molecule has 0 unspecified atom stereocenters. The molecule has 0 aromatic heterocycles. The lowest BCUT2D eigenvalue weighted by Gasteiger charge is -2.62. The Kier molecular flexibility index (Phi) is 3.47. The first kappa shape index (κ1) is 18.4. The molecule has 2 spiro atoms. The molecule has 5 rings (SSSR count). The van der Waals surface area contributed by atoms with Gasteiger partial charge in [0.15, 0.2) is 5.78 Å². The molecule has 0 aliphatic heterocycles. The highest BCUT2D eigenvalue weighted by Gasteiger charge is 2.82. The molecule has 2 nitrogen and oxygen atoms in total. The number of ketones is 1. The fourth-order valence-electron chi connectivity index (χ4n) is 10.0. The van der Waals surface area contributed by atoms with Crippen molar-refractivity contribution in [3.8, 4) is 0 Å². The van der Waals surface area contributed by atoms with Crippen LogP contribution in [0.4, 0.5) is 0 Å². The molecule has 1 N–H and O–H groups in total. The van der Waals surface area contributed by atoms with Crippen molar-refractivity contribution in [2.24, 2.45) is 38.9 Å². The summed E-state index contributed by atoms with van der Waals surface area (Å²) in [6, 6.07) is 0.662. The zero-order chi connectivity index (χ0) is 19.5. The molecule has 27 heavy (non-hydrogen) atoms. The van der Waals surface area contributed by atoms with Crippen molar-refractivity contribution in [2.45, 2.75) is 92.0 Å². The van der Waals surface area contributed by atoms with E-state index >= 15 is 0 Å². The third-order valence-corrected chi connectivity index (χ3v) is 11.4. The number of nitrogens with one attached hydrogen (secondary N) is 1. The largest absolute Gasteiger partial charge is 0.316 e. The summed E-state index contributed by atoms with van der Waals surface area (Å²) in [6.07, 6.45) is 12.5. The van der Waals surface area contributed by atoms with E-state index in [-0.39, 0.29) is 10.8 Å². The first-order valence-corrected chi connectivity index (χ1v) is 11.5. The number of carbonyl (C=O) groups excluding carboxylic acids is 1. The lowest BCUT2D eigenvalue weighted by atomic mass is 9.42. The van der Waals surface area contributed by atoms with Gasteiger partial charge in [-0.2, -0.15) is 0 Å². The first-order valence-electron chi connectivity index (χ1n) is 11.5. The molecule has 0 amide bonds. The molecule has 0 radical (unpaired) electrons. The van der Waals surface area contributed by atoms with Crippen LogP contribution in [0.5, 0.6) is 0 Å². The minimum Gasteiger partial charge on any atom is -0.316 e. The van der Waals surface area contributed by atoms with Gasteiger partial charge >= 0.3 is 0 Å². The molecule has 7 atom stereocenters. The maximum absolute atomic E-state index is 13.0. The van der Waals surface area contributed by atoms with E-state index in [2.05, 4.69) is 53.1 Å². The molecule has 2 heteroatoms. The predicted octanol–water partition coefficient (Wildman–Crippen LogP) is 5.52. The van der Waals surface area contributed by atoms with Crippen molar-refractivity contribution in [1.29, 1.82) is 0 Å². The van der Waals surface area contributed by atoms with Crippen LogP contribution in [0.2, 0.25) is 0 Å². The van der Waals surface area contributed by atoms with Gasteiger partial charge in [-0.15, -0.1) is 0 Å². The molecule has 0 saturated heterocycles. The highest BCUT2D eigenvalue weighted by Crippen LogP contribution is 2.88. The number of Topliss-reactive ketones (excluding diaryl/α,β-unsaturated/α-hetero) is 1. The number of allylic oxidation sites excluding steroid dienone is 2. The lowest BCUT2D eigenvalue weighted by Crippen LogP contribution is -2.58. The number of hydrogen-bond acceptors (Lipinski definition) is 2. The second-order valence-corrected chi connectivity index (χ2v) is 11.9. The fraction of sp³-hybridized carbons (Fsp3) is 0.880. The molecule has 0 aromatic rings. The molecular weight excluding hydrogens is 330 g/mol. The Balaban J connectivity index is 1.56. The Hall–Kier alpha value is -0.630. The molecular formula is C25H39NO. The van der Waals surface area contributed by atoms with Gasteiger partial charge in [0.1, 0.15) is 0 Å². The maximum Gasteiger partial charge on any atom is 0.159 e. The molecule has 0 bridgehead atoms. The van der Waals surface area contributed by atoms with Gasteiger partial charge in [-0.1, -0.05) is 33.8 Å². The van der Waals surface area contributed by atoms with E-state index in [0.29, 0.717) is 28.1 Å². The van der Waals surface area contributed by atoms with Crippen LogP contribution in [0, 0.1) is 38.9 Å². The van der Waals surface area contributed by atoms with E-state index in [4.69, 9.17) is 0 Å². The number of hydrogen-bond donors (Lipinski definition) is 1. The summed E-state index contributed by atoms with van der Waals surface area (Å²) in [7, 11) is 2.16. The van der Waals surface area contributed by atoms with E-state index in [1.165, 1.54) is 44.9 Å². The van der Waals surface area contributed by atoms with Gasteiger partial charge in [0.05, 0.1) is 0 Å². The third kappa shape index (κ3) is 1.77. The molecule has 5 aliphatic rings. The lowest BCUT2D eigenvalue weighted by molar-refractivity contribution is -0.129. The maximum atomic E-state index is 13.0. The van der Waals surface area contributed by atoms with Gasteiger partial charge in [-0.3, -0.25) is 4.79 Å². The van der Waals surface area contributed by atoms with Crippen LogP contribution in [0.1, 0.15) is 86.0 Å². The third-order valence-electron chi connectivity index (χ3n) is 11.4. The topological polar surface area (TPSA) is 29.1 Å². The predicted molar refractivity (Wildman–Crippen MR) is 110 cm³/mol. The highest BCUT2D eigenvalue weighted by molar-refractivity contribution is 6.00. The van der Waals surface area contributed by atoms with Gasteiger partial charge < -0.3 is 5.32 Å². The summed E-state index contributed by atoms with van der Waals surface area (Å²) < 4.78 is 0. The highest BCUT2D eigenvalue weighted by atomic mass is 16.1. The molecule has 0 aromatic carbocycles. The van der Waals surface area contributed by atoms with Gasteiger partial charge in [0.2, 0.25) is 0 Å². The van der Waals surface area contributed by atoms with Crippen molar-refractivity contribution >= 4 is 5.78 Å². The van der Waals surface area contributed by atoms with E-state index in [1.54, 1.807) is 0 Å². The number of rotatable bonds is 1. The second kappa shape index (κ2) is 5.10. The Bertz CT molecular complexity index is 737. The molecule has 5 aliphatic carbocycles.